The summed E-state index contributed by atoms with van der Waals surface area (Å²) in [5.41, 5.74) is 1.43. The van der Waals surface area contributed by atoms with Crippen LogP contribution in [0.15, 0.2) is 30.5 Å². The van der Waals surface area contributed by atoms with Gasteiger partial charge in [-0.3, -0.25) is 0 Å². The smallest absolute Gasteiger partial charge is 0.339 e. The van der Waals surface area contributed by atoms with Crippen LogP contribution in [0.1, 0.15) is 34.8 Å². The Morgan fingerprint density at radius 2 is 1.95 bits per heavy atom. The van der Waals surface area contributed by atoms with E-state index >= 15 is 0 Å². The van der Waals surface area contributed by atoms with Gasteiger partial charge in [-0.25, -0.2) is 19.2 Å². The van der Waals surface area contributed by atoms with Crippen molar-refractivity contribution in [2.45, 2.75) is 18.8 Å². The van der Waals surface area contributed by atoms with Gasteiger partial charge in [0.25, 0.3) is 0 Å². The Morgan fingerprint density at radius 3 is 2.53 bits per heavy atom. The molecular formula is C14H11FN2O2. The van der Waals surface area contributed by atoms with E-state index < -0.39 is 5.97 Å². The fourth-order valence-corrected chi connectivity index (χ4v) is 1.97. The molecule has 1 fully saturated rings. The molecule has 0 radical (unpaired) electrons. The molecule has 3 rings (SSSR count). The summed E-state index contributed by atoms with van der Waals surface area (Å²) in [5.74, 6) is -0.680. The number of carboxylic acids is 1. The molecule has 1 aromatic carbocycles. The normalized spacial score (nSPS) is 14.4. The molecule has 0 atom stereocenters. The van der Waals surface area contributed by atoms with Gasteiger partial charge in [0.1, 0.15) is 5.82 Å². The van der Waals surface area contributed by atoms with Crippen molar-refractivity contribution in [1.82, 2.24) is 9.97 Å². The molecule has 1 aliphatic carbocycles. The number of halogens is 1. The molecule has 0 unspecified atom stereocenters. The summed E-state index contributed by atoms with van der Waals surface area (Å²) < 4.78 is 12.9. The van der Waals surface area contributed by atoms with Crippen LogP contribution in [-0.2, 0) is 0 Å². The zero-order valence-corrected chi connectivity index (χ0v) is 10.0. The molecule has 1 heterocycles. The summed E-state index contributed by atoms with van der Waals surface area (Å²) in [6.07, 6.45) is 3.25. The minimum absolute atomic E-state index is 0.161. The van der Waals surface area contributed by atoms with Gasteiger partial charge in [0, 0.05) is 17.7 Å². The van der Waals surface area contributed by atoms with Crippen LogP contribution in [-0.4, -0.2) is 21.0 Å². The average Bonchev–Trinajstić information content (AvgIpc) is 3.23. The summed E-state index contributed by atoms with van der Waals surface area (Å²) in [6, 6.07) is 5.84. The van der Waals surface area contributed by atoms with Crippen LogP contribution in [0.3, 0.4) is 0 Å². The fourth-order valence-electron chi connectivity index (χ4n) is 1.97. The second-order valence-electron chi connectivity index (χ2n) is 4.58. The van der Waals surface area contributed by atoms with E-state index in [1.54, 1.807) is 12.1 Å². The maximum Gasteiger partial charge on any atom is 0.339 e. The van der Waals surface area contributed by atoms with Gasteiger partial charge in [0.2, 0.25) is 0 Å². The van der Waals surface area contributed by atoms with Crippen molar-refractivity contribution in [1.29, 1.82) is 0 Å². The van der Waals surface area contributed by atoms with Gasteiger partial charge >= 0.3 is 5.97 Å². The first-order valence-electron chi connectivity index (χ1n) is 6.01. The number of aromatic nitrogens is 2. The van der Waals surface area contributed by atoms with Crippen LogP contribution in [0, 0.1) is 5.82 Å². The highest BCUT2D eigenvalue weighted by atomic mass is 19.1. The molecule has 5 heteroatoms. The third kappa shape index (κ3) is 2.31. The molecule has 0 saturated heterocycles. The average molecular weight is 258 g/mol. The van der Waals surface area contributed by atoms with Gasteiger partial charge in [-0.15, -0.1) is 0 Å². The highest BCUT2D eigenvalue weighted by molar-refractivity contribution is 5.89. The molecule has 0 spiro atoms. The van der Waals surface area contributed by atoms with Gasteiger partial charge < -0.3 is 5.11 Å². The Bertz CT molecular complexity index is 636. The van der Waals surface area contributed by atoms with Gasteiger partial charge in [-0.2, -0.15) is 0 Å². The Labute approximate surface area is 109 Å². The molecule has 0 amide bonds. The molecule has 0 bridgehead atoms. The summed E-state index contributed by atoms with van der Waals surface area (Å²) in [7, 11) is 0. The SMILES string of the molecule is O=C(O)c1cnc(-c2ccc(F)cc2)nc1C1CC1. The third-order valence-corrected chi connectivity index (χ3v) is 3.12. The van der Waals surface area contributed by atoms with E-state index in [4.69, 9.17) is 5.11 Å². The first-order valence-corrected chi connectivity index (χ1v) is 6.01. The summed E-state index contributed by atoms with van der Waals surface area (Å²) in [6.45, 7) is 0. The lowest BCUT2D eigenvalue weighted by atomic mass is 10.1. The van der Waals surface area contributed by atoms with Crippen molar-refractivity contribution in [3.63, 3.8) is 0 Å². The second-order valence-corrected chi connectivity index (χ2v) is 4.58. The number of carbonyl (C=O) groups is 1. The Balaban J connectivity index is 2.05. The number of nitrogens with zero attached hydrogens (tertiary/aromatic N) is 2. The van der Waals surface area contributed by atoms with E-state index in [0.717, 1.165) is 12.8 Å². The number of benzene rings is 1. The van der Waals surface area contributed by atoms with Crippen LogP contribution in [0.2, 0.25) is 0 Å². The first kappa shape index (κ1) is 11.8. The van der Waals surface area contributed by atoms with Crippen LogP contribution >= 0.6 is 0 Å². The zero-order chi connectivity index (χ0) is 13.4. The second kappa shape index (κ2) is 4.42. The lowest BCUT2D eigenvalue weighted by Crippen LogP contribution is -2.06. The quantitative estimate of drug-likeness (QED) is 0.919. The molecule has 2 aromatic rings. The molecule has 1 aromatic heterocycles. The van der Waals surface area contributed by atoms with Crippen molar-refractivity contribution in [3.8, 4) is 11.4 Å². The molecule has 19 heavy (non-hydrogen) atoms. The van der Waals surface area contributed by atoms with Crippen molar-refractivity contribution in [2.75, 3.05) is 0 Å². The predicted octanol–water partition coefficient (Wildman–Crippen LogP) is 2.86. The molecular weight excluding hydrogens is 247 g/mol. The van der Waals surface area contributed by atoms with Crippen LogP contribution in [0.5, 0.6) is 0 Å². The monoisotopic (exact) mass is 258 g/mol. The summed E-state index contributed by atoms with van der Waals surface area (Å²) >= 11 is 0. The Hall–Kier alpha value is -2.30. The van der Waals surface area contributed by atoms with Crippen molar-refractivity contribution < 1.29 is 14.3 Å². The van der Waals surface area contributed by atoms with Crippen LogP contribution in [0.4, 0.5) is 4.39 Å². The minimum Gasteiger partial charge on any atom is -0.478 e. The van der Waals surface area contributed by atoms with E-state index in [9.17, 15) is 9.18 Å². The highest BCUT2D eigenvalue weighted by Gasteiger charge is 2.30. The molecule has 4 nitrogen and oxygen atoms in total. The van der Waals surface area contributed by atoms with Gasteiger partial charge in [-0.05, 0) is 37.1 Å². The molecule has 1 aliphatic rings. The molecule has 0 aliphatic heterocycles. The number of carboxylic acid groups (broad SMARTS) is 1. The van der Waals surface area contributed by atoms with E-state index in [2.05, 4.69) is 9.97 Å². The van der Waals surface area contributed by atoms with E-state index in [1.165, 1.54) is 18.3 Å². The lowest BCUT2D eigenvalue weighted by molar-refractivity contribution is 0.0694. The molecule has 1 saturated carbocycles. The standard InChI is InChI=1S/C14H11FN2O2/c15-10-5-3-9(4-6-10)13-16-7-11(14(18)19)12(17-13)8-1-2-8/h3-8H,1-2H2,(H,18,19). The lowest BCUT2D eigenvalue weighted by Gasteiger charge is -2.06. The van der Waals surface area contributed by atoms with E-state index in [0.29, 0.717) is 17.1 Å². The predicted molar refractivity (Wildman–Crippen MR) is 66.4 cm³/mol. The van der Waals surface area contributed by atoms with E-state index in [-0.39, 0.29) is 17.3 Å². The number of hydrogen-bond donors (Lipinski definition) is 1. The van der Waals surface area contributed by atoms with Crippen molar-refractivity contribution in [2.24, 2.45) is 0 Å². The van der Waals surface area contributed by atoms with E-state index in [1.807, 2.05) is 0 Å². The summed E-state index contributed by atoms with van der Waals surface area (Å²) in [4.78, 5) is 19.5. The Kier molecular flexibility index (Phi) is 2.74. The summed E-state index contributed by atoms with van der Waals surface area (Å²) in [5, 5.41) is 9.11. The Morgan fingerprint density at radius 1 is 1.26 bits per heavy atom. The topological polar surface area (TPSA) is 63.1 Å². The molecule has 1 N–H and O–H groups in total. The van der Waals surface area contributed by atoms with Crippen LogP contribution < -0.4 is 0 Å². The maximum absolute atomic E-state index is 12.9. The van der Waals surface area contributed by atoms with Crippen molar-refractivity contribution >= 4 is 5.97 Å². The first-order chi connectivity index (χ1) is 9.15. The molecule has 96 valence electrons. The maximum atomic E-state index is 12.9. The third-order valence-electron chi connectivity index (χ3n) is 3.12. The van der Waals surface area contributed by atoms with Gasteiger partial charge in [0.15, 0.2) is 5.82 Å². The highest BCUT2D eigenvalue weighted by Crippen LogP contribution is 2.41. The number of hydrogen-bond acceptors (Lipinski definition) is 3. The zero-order valence-electron chi connectivity index (χ0n) is 10.0. The number of rotatable bonds is 3. The van der Waals surface area contributed by atoms with Gasteiger partial charge in [-0.1, -0.05) is 0 Å². The van der Waals surface area contributed by atoms with Crippen molar-refractivity contribution in [3.05, 3.63) is 47.5 Å². The van der Waals surface area contributed by atoms with Crippen LogP contribution in [0.25, 0.3) is 11.4 Å². The fraction of sp³-hybridized carbons (Fsp3) is 0.214. The minimum atomic E-state index is -1.01. The van der Waals surface area contributed by atoms with Gasteiger partial charge in [0.05, 0.1) is 11.3 Å². The number of aromatic carboxylic acids is 1. The largest absolute Gasteiger partial charge is 0.478 e.